The van der Waals surface area contributed by atoms with Gasteiger partial charge in [0.25, 0.3) is 0 Å². The van der Waals surface area contributed by atoms with Crippen molar-refractivity contribution in [2.24, 2.45) is 0 Å². The average molecular weight is 347 g/mol. The zero-order valence-corrected chi connectivity index (χ0v) is 14.0. The van der Waals surface area contributed by atoms with Gasteiger partial charge < -0.3 is 5.32 Å². The van der Waals surface area contributed by atoms with Crippen molar-refractivity contribution in [2.45, 2.75) is 0 Å². The minimum Gasteiger partial charge on any atom is -0.316 e. The molecule has 0 radical (unpaired) electrons. The molecule has 7 heteroatoms. The number of benzene rings is 2. The van der Waals surface area contributed by atoms with Crippen LogP contribution in [0.4, 0.5) is 21.5 Å². The molecule has 0 atom stereocenters. The molecule has 0 saturated heterocycles. The molecule has 0 bridgehead atoms. The van der Waals surface area contributed by atoms with Crippen molar-refractivity contribution in [1.29, 1.82) is 0 Å². The first-order valence-corrected chi connectivity index (χ1v) is 8.93. The number of hydrogen-bond acceptors (Lipinski definition) is 3. The molecule has 2 aromatic rings. The van der Waals surface area contributed by atoms with E-state index in [2.05, 4.69) is 5.32 Å². The molecule has 0 aliphatic carbocycles. The van der Waals surface area contributed by atoms with E-state index in [0.29, 0.717) is 17.9 Å². The van der Waals surface area contributed by atoms with Crippen LogP contribution in [0.1, 0.15) is 0 Å². The van der Waals surface area contributed by atoms with E-state index in [0.717, 1.165) is 4.31 Å². The highest BCUT2D eigenvalue weighted by molar-refractivity contribution is 7.95. The van der Waals surface area contributed by atoms with E-state index < -0.39 is 16.0 Å². The maximum absolute atomic E-state index is 14.2. The Kier molecular flexibility index (Phi) is 4.55. The fourth-order valence-corrected chi connectivity index (χ4v) is 4.30. The monoisotopic (exact) mass is 347 g/mol. The van der Waals surface area contributed by atoms with Gasteiger partial charge >= 0.3 is 10.2 Å². The summed E-state index contributed by atoms with van der Waals surface area (Å²) in [6, 6.07) is 12.8. The largest absolute Gasteiger partial charge is 0.331 e. The van der Waals surface area contributed by atoms with Crippen LogP contribution in [-0.4, -0.2) is 28.6 Å². The van der Waals surface area contributed by atoms with E-state index >= 15 is 0 Å². The summed E-state index contributed by atoms with van der Waals surface area (Å²) in [7, 11) is -2.08. The maximum atomic E-state index is 14.2. The fraction of sp³-hybridized carbons (Fsp3) is 0.176. The standard InChI is InChI=1S/C17H18FN3O2S/c1-19-12-6-7-13-20-16-10-4-5-11-17(16)21(24(20,22)23)15-9-3-2-8-14(15)18/h2-11,19H,12-13H2,1H3/b7-6+. The van der Waals surface area contributed by atoms with Gasteiger partial charge in [-0.3, -0.25) is 0 Å². The van der Waals surface area contributed by atoms with E-state index in [1.807, 2.05) is 13.1 Å². The van der Waals surface area contributed by atoms with Crippen LogP contribution >= 0.6 is 0 Å². The first kappa shape index (κ1) is 16.5. The second kappa shape index (κ2) is 6.62. The Balaban J connectivity index is 2.07. The van der Waals surface area contributed by atoms with Gasteiger partial charge in [0, 0.05) is 6.54 Å². The van der Waals surface area contributed by atoms with Crippen LogP contribution in [0.3, 0.4) is 0 Å². The minimum atomic E-state index is -3.89. The van der Waals surface area contributed by atoms with Crippen molar-refractivity contribution in [1.82, 2.24) is 5.32 Å². The van der Waals surface area contributed by atoms with Crippen LogP contribution in [0.25, 0.3) is 0 Å². The maximum Gasteiger partial charge on any atom is 0.331 e. The lowest BCUT2D eigenvalue weighted by Gasteiger charge is -2.21. The summed E-state index contributed by atoms with van der Waals surface area (Å²) in [5.41, 5.74) is 1.01. The predicted molar refractivity (Wildman–Crippen MR) is 94.3 cm³/mol. The third-order valence-corrected chi connectivity index (χ3v) is 5.47. The Morgan fingerprint density at radius 1 is 1.00 bits per heavy atom. The Morgan fingerprint density at radius 2 is 1.62 bits per heavy atom. The lowest BCUT2D eigenvalue weighted by Crippen LogP contribution is -2.35. The smallest absolute Gasteiger partial charge is 0.316 e. The molecule has 1 aliphatic heterocycles. The first-order valence-electron chi connectivity index (χ1n) is 7.53. The van der Waals surface area contributed by atoms with E-state index in [4.69, 9.17) is 0 Å². The summed E-state index contributed by atoms with van der Waals surface area (Å²) in [5.74, 6) is -0.580. The molecule has 1 N–H and O–H groups in total. The molecule has 2 aromatic carbocycles. The van der Waals surface area contributed by atoms with Gasteiger partial charge in [-0.2, -0.15) is 8.42 Å². The van der Waals surface area contributed by atoms with Crippen LogP contribution in [-0.2, 0) is 10.2 Å². The van der Waals surface area contributed by atoms with Gasteiger partial charge in [-0.25, -0.2) is 13.0 Å². The molecule has 0 saturated carbocycles. The summed E-state index contributed by atoms with van der Waals surface area (Å²) in [6.45, 7) is 0.832. The minimum absolute atomic E-state index is 0.0201. The first-order chi connectivity index (χ1) is 11.6. The molecule has 0 spiro atoms. The summed E-state index contributed by atoms with van der Waals surface area (Å²) >= 11 is 0. The van der Waals surface area contributed by atoms with E-state index in [-0.39, 0.29) is 12.2 Å². The van der Waals surface area contributed by atoms with Crippen molar-refractivity contribution in [3.63, 3.8) is 0 Å². The number of para-hydroxylation sites is 3. The molecule has 5 nitrogen and oxygen atoms in total. The van der Waals surface area contributed by atoms with Gasteiger partial charge in [-0.1, -0.05) is 36.4 Å². The van der Waals surface area contributed by atoms with Gasteiger partial charge in [-0.05, 0) is 31.3 Å². The number of fused-ring (bicyclic) bond motifs is 1. The number of nitrogens with one attached hydrogen (secondary N) is 1. The van der Waals surface area contributed by atoms with Crippen molar-refractivity contribution in [3.05, 3.63) is 66.5 Å². The summed E-state index contributed by atoms with van der Waals surface area (Å²) < 4.78 is 42.6. The second-order valence-corrected chi connectivity index (χ2v) is 6.97. The average Bonchev–Trinajstić information content (AvgIpc) is 2.79. The zero-order chi connectivity index (χ0) is 17.2. The normalized spacial score (nSPS) is 15.9. The quantitative estimate of drug-likeness (QED) is 0.846. The van der Waals surface area contributed by atoms with E-state index in [1.165, 1.54) is 22.5 Å². The highest BCUT2D eigenvalue weighted by atomic mass is 32.2. The van der Waals surface area contributed by atoms with Crippen LogP contribution < -0.4 is 13.9 Å². The van der Waals surface area contributed by atoms with Gasteiger partial charge in [0.15, 0.2) is 0 Å². The summed E-state index contributed by atoms with van der Waals surface area (Å²) in [5, 5.41) is 2.96. The number of nitrogens with zero attached hydrogens (tertiary/aromatic N) is 2. The third-order valence-electron chi connectivity index (χ3n) is 3.71. The fourth-order valence-electron chi connectivity index (χ4n) is 2.63. The number of rotatable bonds is 5. The highest BCUT2D eigenvalue weighted by Crippen LogP contribution is 2.45. The van der Waals surface area contributed by atoms with Crippen molar-refractivity contribution >= 4 is 27.3 Å². The Labute approximate surface area is 141 Å². The molecule has 1 aliphatic rings. The van der Waals surface area contributed by atoms with Crippen molar-refractivity contribution < 1.29 is 12.8 Å². The van der Waals surface area contributed by atoms with Crippen LogP contribution in [0, 0.1) is 5.82 Å². The molecule has 0 unspecified atom stereocenters. The molecule has 126 valence electrons. The van der Waals surface area contributed by atoms with Crippen molar-refractivity contribution in [2.75, 3.05) is 28.7 Å². The number of likely N-dealkylation sites (N-methyl/N-ethyl adjacent to an activating group) is 1. The van der Waals surface area contributed by atoms with Gasteiger partial charge in [0.1, 0.15) is 5.82 Å². The molecule has 0 aromatic heterocycles. The molecule has 24 heavy (non-hydrogen) atoms. The predicted octanol–water partition coefficient (Wildman–Crippen LogP) is 2.80. The van der Waals surface area contributed by atoms with Crippen molar-refractivity contribution in [3.8, 4) is 0 Å². The Hall–Kier alpha value is -2.38. The zero-order valence-electron chi connectivity index (χ0n) is 13.2. The Morgan fingerprint density at radius 3 is 2.29 bits per heavy atom. The van der Waals surface area contributed by atoms with Crippen LogP contribution in [0.2, 0.25) is 0 Å². The molecule has 1 heterocycles. The van der Waals surface area contributed by atoms with E-state index in [9.17, 15) is 12.8 Å². The van der Waals surface area contributed by atoms with E-state index in [1.54, 1.807) is 36.4 Å². The third kappa shape index (κ3) is 2.76. The molecule has 3 rings (SSSR count). The molecule has 0 fully saturated rings. The van der Waals surface area contributed by atoms with Gasteiger partial charge in [0.2, 0.25) is 0 Å². The topological polar surface area (TPSA) is 52.6 Å². The van der Waals surface area contributed by atoms with Gasteiger partial charge in [0.05, 0.1) is 23.6 Å². The van der Waals surface area contributed by atoms with Crippen LogP contribution in [0.15, 0.2) is 60.7 Å². The van der Waals surface area contributed by atoms with Gasteiger partial charge in [-0.15, -0.1) is 0 Å². The summed E-state index contributed by atoms with van der Waals surface area (Å²) in [6.07, 6.45) is 3.62. The number of anilines is 3. The number of halogens is 1. The lowest BCUT2D eigenvalue weighted by atomic mass is 10.2. The lowest BCUT2D eigenvalue weighted by molar-refractivity contribution is 0.592. The number of hydrogen-bond donors (Lipinski definition) is 1. The molecular weight excluding hydrogens is 329 g/mol. The SMILES string of the molecule is CNC/C=C/CN1c2ccccc2N(c2ccccc2F)S1(=O)=O. The Bertz CT molecular complexity index is 868. The highest BCUT2D eigenvalue weighted by Gasteiger charge is 2.41. The molecular formula is C17H18FN3O2S. The summed E-state index contributed by atoms with van der Waals surface area (Å²) in [4.78, 5) is 0. The van der Waals surface area contributed by atoms with Crippen LogP contribution in [0.5, 0.6) is 0 Å². The second-order valence-electron chi connectivity index (χ2n) is 5.27. The molecule has 0 amide bonds.